The third-order valence-electron chi connectivity index (χ3n) is 8.63. The summed E-state index contributed by atoms with van der Waals surface area (Å²) in [6, 6.07) is 4.58. The number of ether oxygens (including phenoxy) is 1. The Balaban J connectivity index is 1.31. The normalized spacial score (nSPS) is 27.4. The molecule has 1 saturated heterocycles. The molecule has 0 bridgehead atoms. The number of aryl methyl sites for hydroxylation is 1. The SMILES string of the molecule is CC1(CN=C(N)c2ccc3c(c2)CC[C@H]([C@](C)(O[NH2+]C(C(=O)N=C2C(=O)NC2(C)C)c2csc(N)n2)C(O)O)O3)CC(N)C1. The Morgan fingerprint density at radius 1 is 1.34 bits per heavy atom. The zero-order valence-corrected chi connectivity index (χ0v) is 26.1. The van der Waals surface area contributed by atoms with Crippen molar-refractivity contribution >= 4 is 39.8 Å². The standard InChI is InChI=1S/C29H40N8O6S/c1-27(2)21(24(39)36-27)35-23(38)20(17-12-44-26(32)34-17)37-43-29(4,25(40)41)19-8-6-14-9-15(5-7-18(14)42-19)22(31)33-13-28(3)10-16(30)11-28/h5,7,9,12,16,19-20,25,37,40-41H,6,8,10-11,13,30H2,1-4H3,(H2,31,33)(H2,32,34)(H,36,39)/p+1/t16?,19-,20?,28?,29+/m1/s1. The molecule has 1 aromatic heterocycles. The quantitative estimate of drug-likeness (QED) is 0.0581. The van der Waals surface area contributed by atoms with E-state index in [1.807, 2.05) is 12.1 Å². The first-order valence-corrected chi connectivity index (χ1v) is 15.4. The van der Waals surface area contributed by atoms with Gasteiger partial charge in [-0.05, 0) is 75.6 Å². The van der Waals surface area contributed by atoms with Gasteiger partial charge in [0.05, 0.1) is 5.54 Å². The van der Waals surface area contributed by atoms with E-state index >= 15 is 0 Å². The molecule has 3 heterocycles. The Morgan fingerprint density at radius 3 is 2.66 bits per heavy atom. The van der Waals surface area contributed by atoms with Crippen molar-refractivity contribution in [3.63, 3.8) is 0 Å². The summed E-state index contributed by atoms with van der Waals surface area (Å²) in [5.74, 6) is -0.164. The molecule has 2 amide bonds. The van der Waals surface area contributed by atoms with Crippen LogP contribution in [0.1, 0.15) is 69.8 Å². The Morgan fingerprint density at radius 2 is 2.07 bits per heavy atom. The third kappa shape index (κ3) is 6.34. The number of hydrogen-bond acceptors (Lipinski definition) is 11. The van der Waals surface area contributed by atoms with Gasteiger partial charge in [0.2, 0.25) is 11.6 Å². The molecule has 1 aliphatic carbocycles. The summed E-state index contributed by atoms with van der Waals surface area (Å²) in [4.78, 5) is 44.2. The second-order valence-electron chi connectivity index (χ2n) is 12.9. The number of carbonyl (C=O) groups excluding carboxylic acids is 2. The van der Waals surface area contributed by atoms with Crippen LogP contribution < -0.4 is 32.7 Å². The Hall–Kier alpha value is -3.47. The number of nitrogens with two attached hydrogens (primary N) is 4. The largest absolute Gasteiger partial charge is 0.487 e. The second-order valence-corrected chi connectivity index (χ2v) is 13.8. The summed E-state index contributed by atoms with van der Waals surface area (Å²) in [5.41, 5.74) is 18.9. The third-order valence-corrected chi connectivity index (χ3v) is 9.32. The van der Waals surface area contributed by atoms with Crippen LogP contribution in [0.15, 0.2) is 33.6 Å². The number of aromatic nitrogens is 1. The zero-order chi connectivity index (χ0) is 32.0. The zero-order valence-electron chi connectivity index (χ0n) is 25.2. The van der Waals surface area contributed by atoms with Crippen LogP contribution in [0.4, 0.5) is 5.13 Å². The van der Waals surface area contributed by atoms with Crippen molar-refractivity contribution in [1.29, 1.82) is 0 Å². The number of rotatable bonds is 10. The topological polar surface area (TPSA) is 237 Å². The maximum atomic E-state index is 13.3. The number of benzene rings is 1. The number of amidine groups is 1. The van der Waals surface area contributed by atoms with E-state index in [1.165, 1.54) is 6.92 Å². The number of quaternary nitrogens is 1. The van der Waals surface area contributed by atoms with Crippen LogP contribution in [0, 0.1) is 5.41 Å². The minimum absolute atomic E-state index is 0.0756. The summed E-state index contributed by atoms with van der Waals surface area (Å²) in [5, 5.41) is 25.4. The molecule has 44 heavy (non-hydrogen) atoms. The molecule has 2 aliphatic heterocycles. The molecule has 0 spiro atoms. The number of aliphatic imine (C=N–C) groups is 2. The molecule has 11 N–H and O–H groups in total. The number of fused-ring (bicyclic) bond motifs is 1. The molecule has 2 aromatic rings. The van der Waals surface area contributed by atoms with Gasteiger partial charge in [0, 0.05) is 23.5 Å². The Labute approximate surface area is 259 Å². The van der Waals surface area contributed by atoms with E-state index in [1.54, 1.807) is 25.3 Å². The van der Waals surface area contributed by atoms with E-state index in [2.05, 4.69) is 27.2 Å². The van der Waals surface area contributed by atoms with Gasteiger partial charge < -0.3 is 37.5 Å². The fourth-order valence-electron chi connectivity index (χ4n) is 5.86. The van der Waals surface area contributed by atoms with Crippen molar-refractivity contribution in [2.75, 3.05) is 12.3 Å². The van der Waals surface area contributed by atoms with E-state index in [9.17, 15) is 19.8 Å². The van der Waals surface area contributed by atoms with Crippen LogP contribution in [0.2, 0.25) is 0 Å². The number of hydrogen-bond donors (Lipinski definition) is 7. The van der Waals surface area contributed by atoms with Gasteiger partial charge in [0.1, 0.15) is 29.1 Å². The molecule has 0 radical (unpaired) electrons. The van der Waals surface area contributed by atoms with Gasteiger partial charge in [-0.3, -0.25) is 14.6 Å². The molecule has 3 aliphatic rings. The first kappa shape index (κ1) is 31.9. The average molecular weight is 630 g/mol. The second kappa shape index (κ2) is 11.8. The minimum Gasteiger partial charge on any atom is -0.487 e. The average Bonchev–Trinajstić information content (AvgIpc) is 3.38. The molecular weight excluding hydrogens is 588 g/mol. The van der Waals surface area contributed by atoms with E-state index in [0.29, 0.717) is 31.0 Å². The highest BCUT2D eigenvalue weighted by Gasteiger charge is 2.49. The predicted molar refractivity (Wildman–Crippen MR) is 164 cm³/mol. The van der Waals surface area contributed by atoms with Crippen molar-refractivity contribution in [3.05, 3.63) is 40.4 Å². The molecule has 1 unspecified atom stereocenters. The number of aliphatic hydroxyl groups excluding tert-OH is 1. The van der Waals surface area contributed by atoms with Crippen LogP contribution in [-0.2, 0) is 20.8 Å². The van der Waals surface area contributed by atoms with E-state index < -0.39 is 41.4 Å². The van der Waals surface area contributed by atoms with Gasteiger partial charge in [-0.1, -0.05) is 6.92 Å². The molecule has 2 fully saturated rings. The van der Waals surface area contributed by atoms with Crippen molar-refractivity contribution in [1.82, 2.24) is 10.3 Å². The van der Waals surface area contributed by atoms with E-state index in [4.69, 9.17) is 26.8 Å². The number of nitrogen functional groups attached to an aromatic ring is 1. The van der Waals surface area contributed by atoms with Crippen LogP contribution >= 0.6 is 11.3 Å². The summed E-state index contributed by atoms with van der Waals surface area (Å²) in [6.45, 7) is 7.71. The number of amides is 2. The number of thiazole rings is 1. The molecular formula is C29H41N8O6S+. The number of nitrogens with one attached hydrogen (secondary N) is 1. The van der Waals surface area contributed by atoms with Crippen LogP contribution in [0.25, 0.3) is 0 Å². The van der Waals surface area contributed by atoms with Crippen LogP contribution in [0.3, 0.4) is 0 Å². The summed E-state index contributed by atoms with van der Waals surface area (Å²) in [6.07, 6.45) is -0.00718. The maximum Gasteiger partial charge on any atom is 0.313 e. The van der Waals surface area contributed by atoms with Crippen molar-refractivity contribution in [3.8, 4) is 5.75 Å². The highest BCUT2D eigenvalue weighted by atomic mass is 32.1. The molecule has 238 valence electrons. The Bertz CT molecular complexity index is 1500. The highest BCUT2D eigenvalue weighted by molar-refractivity contribution is 7.13. The van der Waals surface area contributed by atoms with Gasteiger partial charge in [0.15, 0.2) is 11.4 Å². The first-order chi connectivity index (χ1) is 20.6. The number of anilines is 1. The fraction of sp³-hybridized carbons (Fsp3) is 0.552. The monoisotopic (exact) mass is 629 g/mol. The van der Waals surface area contributed by atoms with Crippen LogP contribution in [0.5, 0.6) is 5.75 Å². The summed E-state index contributed by atoms with van der Waals surface area (Å²) in [7, 11) is 0. The van der Waals surface area contributed by atoms with E-state index in [0.717, 1.165) is 40.8 Å². The van der Waals surface area contributed by atoms with Gasteiger partial charge in [0.25, 0.3) is 5.91 Å². The van der Waals surface area contributed by atoms with Gasteiger partial charge >= 0.3 is 5.91 Å². The van der Waals surface area contributed by atoms with Gasteiger partial charge in [-0.15, -0.1) is 11.3 Å². The lowest BCUT2D eigenvalue weighted by molar-refractivity contribution is -0.935. The summed E-state index contributed by atoms with van der Waals surface area (Å²) >= 11 is 1.13. The Kier molecular flexibility index (Phi) is 8.56. The van der Waals surface area contributed by atoms with Crippen LogP contribution in [-0.4, -0.2) is 74.7 Å². The lowest BCUT2D eigenvalue weighted by atomic mass is 9.67. The fourth-order valence-corrected chi connectivity index (χ4v) is 6.46. The first-order valence-electron chi connectivity index (χ1n) is 14.5. The molecule has 3 atom stereocenters. The van der Waals surface area contributed by atoms with Gasteiger partial charge in [-0.2, -0.15) is 10.3 Å². The number of β-lactam (4-membered cyclic amide) rings is 1. The van der Waals surface area contributed by atoms with E-state index in [-0.39, 0.29) is 28.0 Å². The number of carbonyl (C=O) groups is 2. The highest BCUT2D eigenvalue weighted by Crippen LogP contribution is 2.40. The molecule has 14 nitrogen and oxygen atoms in total. The molecule has 15 heteroatoms. The van der Waals surface area contributed by atoms with Gasteiger partial charge in [-0.25, -0.2) is 9.98 Å². The minimum atomic E-state index is -1.98. The van der Waals surface area contributed by atoms with Crippen molar-refractivity contribution in [2.24, 2.45) is 26.9 Å². The predicted octanol–water partition coefficient (Wildman–Crippen LogP) is -0.567. The number of nitrogens with zero attached hydrogens (tertiary/aromatic N) is 3. The summed E-state index contributed by atoms with van der Waals surface area (Å²) < 4.78 is 6.22. The van der Waals surface area contributed by atoms with Crippen molar-refractivity contribution in [2.45, 2.75) is 89.0 Å². The lowest BCUT2D eigenvalue weighted by Crippen LogP contribution is -2.90. The smallest absolute Gasteiger partial charge is 0.313 e. The molecule has 1 saturated carbocycles. The molecule has 1 aromatic carbocycles. The number of hydroxylamine groups is 1. The maximum absolute atomic E-state index is 13.3. The lowest BCUT2D eigenvalue weighted by Gasteiger charge is -2.42. The molecule has 5 rings (SSSR count). The van der Waals surface area contributed by atoms with Crippen molar-refractivity contribution < 1.29 is 34.9 Å². The number of aliphatic hydroxyl groups is 2.